The Hall–Kier alpha value is -2.49. The number of rotatable bonds is 4. The van der Waals surface area contributed by atoms with Gasteiger partial charge in [-0.05, 0) is 44.2 Å². The number of nitrogen functional groups attached to an aromatic ring is 1. The molecule has 0 fully saturated rings. The van der Waals surface area contributed by atoms with E-state index in [2.05, 4.69) is 5.32 Å². The lowest BCUT2D eigenvalue weighted by molar-refractivity contribution is 0.0527. The van der Waals surface area contributed by atoms with Crippen molar-refractivity contribution in [2.45, 2.75) is 13.8 Å². The molecule has 2 rings (SSSR count). The Morgan fingerprint density at radius 2 is 1.90 bits per heavy atom. The van der Waals surface area contributed by atoms with Crippen molar-refractivity contribution >= 4 is 23.0 Å². The molecule has 4 heteroatoms. The standard InChI is InChI=1S/C16H18N2O2/c1-3-20-16(19)14-10-12(17)6-9-15(14)18-13-7-4-11(2)5-8-13/h4-10,18H,3,17H2,1-2H3. The number of nitrogens with one attached hydrogen (secondary N) is 1. The molecule has 0 unspecified atom stereocenters. The predicted molar refractivity (Wildman–Crippen MR) is 81.3 cm³/mol. The summed E-state index contributed by atoms with van der Waals surface area (Å²) >= 11 is 0. The second kappa shape index (κ2) is 6.10. The maximum absolute atomic E-state index is 11.9. The molecule has 0 aliphatic rings. The molecule has 0 saturated heterocycles. The Kier molecular flexibility index (Phi) is 4.25. The van der Waals surface area contributed by atoms with Crippen LogP contribution in [-0.2, 0) is 4.74 Å². The summed E-state index contributed by atoms with van der Waals surface area (Å²) in [6, 6.07) is 13.1. The van der Waals surface area contributed by atoms with Gasteiger partial charge < -0.3 is 15.8 Å². The van der Waals surface area contributed by atoms with Gasteiger partial charge in [-0.15, -0.1) is 0 Å². The van der Waals surface area contributed by atoms with Crippen LogP contribution in [0.2, 0.25) is 0 Å². The monoisotopic (exact) mass is 270 g/mol. The smallest absolute Gasteiger partial charge is 0.340 e. The van der Waals surface area contributed by atoms with Crippen molar-refractivity contribution in [2.24, 2.45) is 0 Å². The minimum Gasteiger partial charge on any atom is -0.462 e. The third-order valence-electron chi connectivity index (χ3n) is 2.87. The highest BCUT2D eigenvalue weighted by atomic mass is 16.5. The van der Waals surface area contributed by atoms with E-state index in [0.717, 1.165) is 5.69 Å². The number of esters is 1. The van der Waals surface area contributed by atoms with Gasteiger partial charge in [0.2, 0.25) is 0 Å². The molecule has 0 aliphatic carbocycles. The van der Waals surface area contributed by atoms with Gasteiger partial charge in [-0.3, -0.25) is 0 Å². The molecule has 3 N–H and O–H groups in total. The van der Waals surface area contributed by atoms with Crippen molar-refractivity contribution in [1.29, 1.82) is 0 Å². The Morgan fingerprint density at radius 3 is 2.55 bits per heavy atom. The van der Waals surface area contributed by atoms with Crippen molar-refractivity contribution in [1.82, 2.24) is 0 Å². The molecular weight excluding hydrogens is 252 g/mol. The van der Waals surface area contributed by atoms with Gasteiger partial charge in [-0.25, -0.2) is 4.79 Å². The van der Waals surface area contributed by atoms with Gasteiger partial charge in [-0.2, -0.15) is 0 Å². The number of carbonyl (C=O) groups is 1. The van der Waals surface area contributed by atoms with Gasteiger partial charge in [0.05, 0.1) is 17.9 Å². The summed E-state index contributed by atoms with van der Waals surface area (Å²) in [5.74, 6) is -0.380. The van der Waals surface area contributed by atoms with E-state index in [1.54, 1.807) is 25.1 Å². The van der Waals surface area contributed by atoms with Gasteiger partial charge >= 0.3 is 5.97 Å². The van der Waals surface area contributed by atoms with E-state index in [1.807, 2.05) is 31.2 Å². The highest BCUT2D eigenvalue weighted by molar-refractivity contribution is 5.97. The molecule has 0 atom stereocenters. The molecular formula is C16H18N2O2. The highest BCUT2D eigenvalue weighted by Gasteiger charge is 2.13. The van der Waals surface area contributed by atoms with Crippen LogP contribution in [0.3, 0.4) is 0 Å². The van der Waals surface area contributed by atoms with Gasteiger partial charge in [0, 0.05) is 11.4 Å². The summed E-state index contributed by atoms with van der Waals surface area (Å²) in [7, 11) is 0. The molecule has 0 saturated carbocycles. The van der Waals surface area contributed by atoms with Crippen molar-refractivity contribution in [2.75, 3.05) is 17.7 Å². The van der Waals surface area contributed by atoms with Crippen LogP contribution in [0.1, 0.15) is 22.8 Å². The Morgan fingerprint density at radius 1 is 1.20 bits per heavy atom. The molecule has 0 radical (unpaired) electrons. The number of anilines is 3. The van der Waals surface area contributed by atoms with Crippen molar-refractivity contribution in [3.8, 4) is 0 Å². The Labute approximate surface area is 118 Å². The zero-order valence-corrected chi connectivity index (χ0v) is 11.6. The molecule has 0 heterocycles. The Balaban J connectivity index is 2.31. The van der Waals surface area contributed by atoms with Crippen LogP contribution in [0.4, 0.5) is 17.1 Å². The Bertz CT molecular complexity index is 606. The predicted octanol–water partition coefficient (Wildman–Crippen LogP) is 3.50. The highest BCUT2D eigenvalue weighted by Crippen LogP contribution is 2.24. The first-order valence-electron chi connectivity index (χ1n) is 6.50. The zero-order valence-electron chi connectivity index (χ0n) is 11.6. The third-order valence-corrected chi connectivity index (χ3v) is 2.87. The minimum atomic E-state index is -0.380. The molecule has 4 nitrogen and oxygen atoms in total. The largest absolute Gasteiger partial charge is 0.462 e. The van der Waals surface area contributed by atoms with Crippen molar-refractivity contribution in [3.63, 3.8) is 0 Å². The zero-order chi connectivity index (χ0) is 14.5. The number of hydrogen-bond donors (Lipinski definition) is 2. The fraction of sp³-hybridized carbons (Fsp3) is 0.188. The third kappa shape index (κ3) is 3.29. The summed E-state index contributed by atoms with van der Waals surface area (Å²) in [4.78, 5) is 11.9. The average molecular weight is 270 g/mol. The van der Waals surface area contributed by atoms with Gasteiger partial charge in [-0.1, -0.05) is 17.7 Å². The van der Waals surface area contributed by atoms with Gasteiger partial charge in [0.1, 0.15) is 0 Å². The number of ether oxygens (including phenoxy) is 1. The number of hydrogen-bond acceptors (Lipinski definition) is 4. The summed E-state index contributed by atoms with van der Waals surface area (Å²) in [5, 5.41) is 3.21. The van der Waals surface area contributed by atoms with Crippen molar-refractivity contribution < 1.29 is 9.53 Å². The van der Waals surface area contributed by atoms with Crippen LogP contribution >= 0.6 is 0 Å². The molecule has 0 aliphatic heterocycles. The number of carbonyl (C=O) groups excluding carboxylic acids is 1. The average Bonchev–Trinajstić information content (AvgIpc) is 2.43. The van der Waals surface area contributed by atoms with E-state index in [0.29, 0.717) is 23.5 Å². The van der Waals surface area contributed by atoms with Crippen LogP contribution < -0.4 is 11.1 Å². The first kappa shape index (κ1) is 13.9. The molecule has 20 heavy (non-hydrogen) atoms. The molecule has 0 spiro atoms. The van der Waals surface area contributed by atoms with E-state index >= 15 is 0 Å². The minimum absolute atomic E-state index is 0.331. The first-order valence-corrected chi connectivity index (χ1v) is 6.50. The fourth-order valence-corrected chi connectivity index (χ4v) is 1.84. The molecule has 104 valence electrons. The van der Waals surface area contributed by atoms with Crippen molar-refractivity contribution in [3.05, 3.63) is 53.6 Å². The maximum Gasteiger partial charge on any atom is 0.340 e. The van der Waals surface area contributed by atoms with Crippen LogP contribution in [0.25, 0.3) is 0 Å². The summed E-state index contributed by atoms with van der Waals surface area (Å²) in [5.41, 5.74) is 9.48. The summed E-state index contributed by atoms with van der Waals surface area (Å²) < 4.78 is 5.05. The molecule has 0 amide bonds. The maximum atomic E-state index is 11.9. The van der Waals surface area contributed by atoms with E-state index < -0.39 is 0 Å². The van der Waals surface area contributed by atoms with E-state index in [4.69, 9.17) is 10.5 Å². The fourth-order valence-electron chi connectivity index (χ4n) is 1.84. The van der Waals surface area contributed by atoms with E-state index in [-0.39, 0.29) is 5.97 Å². The SMILES string of the molecule is CCOC(=O)c1cc(N)ccc1Nc1ccc(C)cc1. The topological polar surface area (TPSA) is 64.3 Å². The van der Waals surface area contributed by atoms with Crippen LogP contribution in [0, 0.1) is 6.92 Å². The van der Waals surface area contributed by atoms with E-state index in [1.165, 1.54) is 5.56 Å². The van der Waals surface area contributed by atoms with Crippen LogP contribution in [-0.4, -0.2) is 12.6 Å². The summed E-state index contributed by atoms with van der Waals surface area (Å²) in [6.07, 6.45) is 0. The number of aryl methyl sites for hydroxylation is 1. The van der Waals surface area contributed by atoms with Crippen LogP contribution in [0.5, 0.6) is 0 Å². The normalized spacial score (nSPS) is 10.1. The number of nitrogens with two attached hydrogens (primary N) is 1. The molecule has 0 bridgehead atoms. The lowest BCUT2D eigenvalue weighted by atomic mass is 10.1. The first-order chi connectivity index (χ1) is 9.60. The lowest BCUT2D eigenvalue weighted by Gasteiger charge is -2.12. The number of benzene rings is 2. The molecule has 2 aromatic rings. The molecule has 0 aromatic heterocycles. The lowest BCUT2D eigenvalue weighted by Crippen LogP contribution is -2.08. The van der Waals surface area contributed by atoms with Gasteiger partial charge in [0.15, 0.2) is 0 Å². The van der Waals surface area contributed by atoms with E-state index in [9.17, 15) is 4.79 Å². The molecule has 2 aromatic carbocycles. The summed E-state index contributed by atoms with van der Waals surface area (Å²) in [6.45, 7) is 4.13. The van der Waals surface area contributed by atoms with Gasteiger partial charge in [0.25, 0.3) is 0 Å². The quantitative estimate of drug-likeness (QED) is 0.659. The van der Waals surface area contributed by atoms with Crippen LogP contribution in [0.15, 0.2) is 42.5 Å². The second-order valence-corrected chi connectivity index (χ2v) is 4.52. The second-order valence-electron chi connectivity index (χ2n) is 4.52.